The summed E-state index contributed by atoms with van der Waals surface area (Å²) in [5.74, 6) is -1.65. The van der Waals surface area contributed by atoms with Gasteiger partial charge in [-0.1, -0.05) is 48.5 Å². The fourth-order valence-electron chi connectivity index (χ4n) is 3.19. The predicted molar refractivity (Wildman–Crippen MR) is 103 cm³/mol. The maximum Gasteiger partial charge on any atom is 0.288 e. The molecule has 0 atom stereocenters. The van der Waals surface area contributed by atoms with Crippen LogP contribution in [0.3, 0.4) is 0 Å². The molecule has 0 aliphatic heterocycles. The van der Waals surface area contributed by atoms with E-state index in [0.717, 1.165) is 29.3 Å². The molecule has 5 heteroatoms. The first-order valence-corrected chi connectivity index (χ1v) is 9.10. The molecule has 4 rings (SSSR count). The van der Waals surface area contributed by atoms with Gasteiger partial charge in [0, 0.05) is 35.2 Å². The van der Waals surface area contributed by atoms with E-state index in [9.17, 15) is 14.4 Å². The number of hydrogen-bond donors (Lipinski definition) is 1. The Hall–Kier alpha value is -3.21. The van der Waals surface area contributed by atoms with E-state index in [1.54, 1.807) is 6.20 Å². The lowest BCUT2D eigenvalue weighted by Gasteiger charge is -2.05. The van der Waals surface area contributed by atoms with Crippen LogP contribution in [0.4, 0.5) is 0 Å². The van der Waals surface area contributed by atoms with Crippen molar-refractivity contribution in [2.75, 3.05) is 0 Å². The van der Waals surface area contributed by atoms with Gasteiger partial charge in [-0.05, 0) is 24.5 Å². The van der Waals surface area contributed by atoms with Gasteiger partial charge in [0.05, 0.1) is 6.42 Å². The summed E-state index contributed by atoms with van der Waals surface area (Å²) in [6, 6.07) is 17.7. The van der Waals surface area contributed by atoms with Crippen molar-refractivity contribution in [3.63, 3.8) is 0 Å². The number of carbonyl (C=O) groups is 3. The normalized spacial score (nSPS) is 13.5. The summed E-state index contributed by atoms with van der Waals surface area (Å²) >= 11 is 0. The summed E-state index contributed by atoms with van der Waals surface area (Å²) < 4.78 is 2.01. The molecule has 1 aliphatic rings. The van der Waals surface area contributed by atoms with Crippen LogP contribution in [0.5, 0.6) is 0 Å². The lowest BCUT2D eigenvalue weighted by atomic mass is 10.0. The van der Waals surface area contributed by atoms with Crippen LogP contribution < -0.4 is 5.32 Å². The van der Waals surface area contributed by atoms with Crippen molar-refractivity contribution < 1.29 is 14.4 Å². The topological polar surface area (TPSA) is 68.2 Å². The number of benzene rings is 2. The number of rotatable bonds is 7. The number of para-hydroxylation sites is 1. The molecular weight excluding hydrogens is 340 g/mol. The van der Waals surface area contributed by atoms with Crippen LogP contribution in [-0.2, 0) is 16.1 Å². The number of hydrogen-bond acceptors (Lipinski definition) is 3. The summed E-state index contributed by atoms with van der Waals surface area (Å²) in [5.41, 5.74) is 2.53. The summed E-state index contributed by atoms with van der Waals surface area (Å²) in [6.45, 7) is 0.630. The van der Waals surface area contributed by atoms with Crippen LogP contribution >= 0.6 is 0 Å². The molecule has 0 radical (unpaired) electrons. The number of nitrogens with zero attached hydrogens (tertiary/aromatic N) is 1. The van der Waals surface area contributed by atoms with Crippen molar-refractivity contribution in [2.45, 2.75) is 31.8 Å². The van der Waals surface area contributed by atoms with Gasteiger partial charge in [-0.15, -0.1) is 0 Å². The van der Waals surface area contributed by atoms with Crippen LogP contribution in [0.1, 0.15) is 35.2 Å². The Bertz CT molecular complexity index is 1020. The molecule has 0 saturated heterocycles. The Morgan fingerprint density at radius 2 is 1.67 bits per heavy atom. The molecule has 3 aromatic rings. The molecule has 0 spiro atoms. The van der Waals surface area contributed by atoms with Crippen molar-refractivity contribution in [3.8, 4) is 0 Å². The summed E-state index contributed by atoms with van der Waals surface area (Å²) in [4.78, 5) is 36.7. The second-order valence-corrected chi connectivity index (χ2v) is 6.94. The van der Waals surface area contributed by atoms with Crippen LogP contribution in [0.15, 0.2) is 60.8 Å². The van der Waals surface area contributed by atoms with Gasteiger partial charge < -0.3 is 9.88 Å². The van der Waals surface area contributed by atoms with E-state index in [-0.39, 0.29) is 11.8 Å². The van der Waals surface area contributed by atoms with E-state index in [1.165, 1.54) is 0 Å². The van der Waals surface area contributed by atoms with Crippen LogP contribution in [-0.4, -0.2) is 28.1 Å². The van der Waals surface area contributed by atoms with Gasteiger partial charge in [0.2, 0.25) is 5.78 Å². The van der Waals surface area contributed by atoms with E-state index in [0.29, 0.717) is 12.1 Å². The third-order valence-corrected chi connectivity index (χ3v) is 4.77. The van der Waals surface area contributed by atoms with Gasteiger partial charge >= 0.3 is 0 Å². The molecule has 2 aromatic carbocycles. The van der Waals surface area contributed by atoms with E-state index in [2.05, 4.69) is 5.32 Å². The molecule has 1 heterocycles. The maximum atomic E-state index is 12.7. The molecule has 1 amide bonds. The molecule has 1 aromatic heterocycles. The Labute approximate surface area is 157 Å². The highest BCUT2D eigenvalue weighted by molar-refractivity contribution is 6.40. The second-order valence-electron chi connectivity index (χ2n) is 6.94. The standard InChI is InChI=1S/C22H20N2O3/c25-20(12-21(26)22(27)23-16-10-11-16)18-14-24(13-15-6-2-1-3-7-15)19-9-5-4-8-17(18)19/h1-9,14,16H,10-13H2,(H,23,27). The van der Waals surface area contributed by atoms with Gasteiger partial charge in [0.25, 0.3) is 5.91 Å². The minimum absolute atomic E-state index is 0.101. The molecule has 0 unspecified atom stereocenters. The molecule has 1 N–H and O–H groups in total. The lowest BCUT2D eigenvalue weighted by molar-refractivity contribution is -0.137. The highest BCUT2D eigenvalue weighted by Gasteiger charge is 2.28. The Morgan fingerprint density at radius 1 is 0.963 bits per heavy atom. The van der Waals surface area contributed by atoms with Crippen molar-refractivity contribution in [2.24, 2.45) is 0 Å². The third kappa shape index (κ3) is 3.82. The molecular formula is C22H20N2O3. The number of nitrogens with one attached hydrogen (secondary N) is 1. The Kier molecular flexibility index (Phi) is 4.59. The molecule has 0 bridgehead atoms. The number of aromatic nitrogens is 1. The second kappa shape index (κ2) is 7.19. The zero-order chi connectivity index (χ0) is 18.8. The van der Waals surface area contributed by atoms with Gasteiger partial charge in [-0.2, -0.15) is 0 Å². The predicted octanol–water partition coefficient (Wildman–Crippen LogP) is 3.11. The van der Waals surface area contributed by atoms with Crippen LogP contribution in [0, 0.1) is 0 Å². The van der Waals surface area contributed by atoms with Crippen molar-refractivity contribution in [1.29, 1.82) is 0 Å². The highest BCUT2D eigenvalue weighted by Crippen LogP contribution is 2.24. The van der Waals surface area contributed by atoms with Gasteiger partial charge in [-0.25, -0.2) is 0 Å². The zero-order valence-corrected chi connectivity index (χ0v) is 14.9. The SMILES string of the molecule is O=C(CC(=O)c1cn(Cc2ccccc2)c2ccccc12)C(=O)NC1CC1. The summed E-state index contributed by atoms with van der Waals surface area (Å²) in [5, 5.41) is 3.44. The first-order chi connectivity index (χ1) is 13.1. The average molecular weight is 360 g/mol. The number of carbonyl (C=O) groups excluding carboxylic acids is 3. The molecule has 1 aliphatic carbocycles. The summed E-state index contributed by atoms with van der Waals surface area (Å²) in [6.07, 6.45) is 3.18. The molecule has 136 valence electrons. The first kappa shape index (κ1) is 17.2. The van der Waals surface area contributed by atoms with Crippen LogP contribution in [0.25, 0.3) is 10.9 Å². The Balaban J connectivity index is 1.58. The first-order valence-electron chi connectivity index (χ1n) is 9.10. The fraction of sp³-hybridized carbons (Fsp3) is 0.227. The minimum Gasteiger partial charge on any atom is -0.347 e. The summed E-state index contributed by atoms with van der Waals surface area (Å²) in [7, 11) is 0. The van der Waals surface area contributed by atoms with Crippen molar-refractivity contribution >= 4 is 28.4 Å². The van der Waals surface area contributed by atoms with E-state index in [4.69, 9.17) is 0 Å². The number of ketones is 2. The quantitative estimate of drug-likeness (QED) is 0.400. The lowest BCUT2D eigenvalue weighted by Crippen LogP contribution is -2.33. The number of amides is 1. The van der Waals surface area contributed by atoms with E-state index < -0.39 is 18.1 Å². The van der Waals surface area contributed by atoms with Crippen molar-refractivity contribution in [3.05, 3.63) is 71.9 Å². The molecule has 27 heavy (non-hydrogen) atoms. The van der Waals surface area contributed by atoms with E-state index in [1.807, 2.05) is 59.2 Å². The maximum absolute atomic E-state index is 12.7. The van der Waals surface area contributed by atoms with Gasteiger partial charge in [-0.3, -0.25) is 14.4 Å². The van der Waals surface area contributed by atoms with E-state index >= 15 is 0 Å². The van der Waals surface area contributed by atoms with Gasteiger partial charge in [0.1, 0.15) is 0 Å². The molecule has 1 fully saturated rings. The number of Topliss-reactive ketones (excluding diaryl/α,β-unsaturated/α-hetero) is 2. The van der Waals surface area contributed by atoms with Gasteiger partial charge in [0.15, 0.2) is 5.78 Å². The third-order valence-electron chi connectivity index (χ3n) is 4.77. The largest absolute Gasteiger partial charge is 0.347 e. The fourth-order valence-corrected chi connectivity index (χ4v) is 3.19. The monoisotopic (exact) mass is 360 g/mol. The van der Waals surface area contributed by atoms with Crippen molar-refractivity contribution in [1.82, 2.24) is 9.88 Å². The minimum atomic E-state index is -0.674. The average Bonchev–Trinajstić information content (AvgIpc) is 3.42. The Morgan fingerprint density at radius 3 is 2.41 bits per heavy atom. The zero-order valence-electron chi connectivity index (χ0n) is 14.9. The number of fused-ring (bicyclic) bond motifs is 1. The molecule has 5 nitrogen and oxygen atoms in total. The van der Waals surface area contributed by atoms with Crippen LogP contribution in [0.2, 0.25) is 0 Å². The molecule has 1 saturated carbocycles. The highest BCUT2D eigenvalue weighted by atomic mass is 16.2. The smallest absolute Gasteiger partial charge is 0.288 e.